The van der Waals surface area contributed by atoms with E-state index < -0.39 is 0 Å². The maximum absolute atomic E-state index is 6.22. The van der Waals surface area contributed by atoms with E-state index in [1.807, 2.05) is 25.2 Å². The highest BCUT2D eigenvalue weighted by Crippen LogP contribution is 2.31. The van der Waals surface area contributed by atoms with Gasteiger partial charge >= 0.3 is 0 Å². The van der Waals surface area contributed by atoms with Crippen molar-refractivity contribution in [3.63, 3.8) is 0 Å². The van der Waals surface area contributed by atoms with Crippen LogP contribution in [0.5, 0.6) is 5.75 Å². The number of nitrogens with two attached hydrogens (primary N) is 1. The van der Waals surface area contributed by atoms with Gasteiger partial charge < -0.3 is 10.5 Å². The Morgan fingerprint density at radius 2 is 2.22 bits per heavy atom. The standard InChI is InChI=1S/C12H13BrClN3O/c1-17-12(9(14)6-16-17)11(15)7-3-4-10(18-2)8(13)5-7/h3-6,11H,15H2,1-2H3. The second-order valence-electron chi connectivity index (χ2n) is 3.87. The summed E-state index contributed by atoms with van der Waals surface area (Å²) in [6.07, 6.45) is 1.59. The van der Waals surface area contributed by atoms with E-state index in [4.69, 9.17) is 22.1 Å². The Morgan fingerprint density at radius 1 is 1.50 bits per heavy atom. The third-order valence-corrected chi connectivity index (χ3v) is 3.68. The number of rotatable bonds is 3. The van der Waals surface area contributed by atoms with Crippen LogP contribution in [0.4, 0.5) is 0 Å². The molecule has 96 valence electrons. The monoisotopic (exact) mass is 329 g/mol. The Bertz CT molecular complexity index is 551. The summed E-state index contributed by atoms with van der Waals surface area (Å²) in [6, 6.07) is 5.38. The summed E-state index contributed by atoms with van der Waals surface area (Å²) in [7, 11) is 3.44. The lowest BCUT2D eigenvalue weighted by Gasteiger charge is -2.14. The molecule has 0 radical (unpaired) electrons. The number of aryl methyl sites for hydroxylation is 1. The van der Waals surface area contributed by atoms with E-state index in [-0.39, 0.29) is 6.04 Å². The number of nitrogens with zero attached hydrogens (tertiary/aromatic N) is 2. The van der Waals surface area contributed by atoms with Gasteiger partial charge in [0.25, 0.3) is 0 Å². The van der Waals surface area contributed by atoms with Crippen molar-refractivity contribution in [2.75, 3.05) is 7.11 Å². The van der Waals surface area contributed by atoms with E-state index in [1.165, 1.54) is 0 Å². The highest BCUT2D eigenvalue weighted by Gasteiger charge is 2.18. The van der Waals surface area contributed by atoms with Crippen LogP contribution in [-0.4, -0.2) is 16.9 Å². The molecule has 6 heteroatoms. The molecule has 0 aliphatic rings. The summed E-state index contributed by atoms with van der Waals surface area (Å²) in [4.78, 5) is 0. The molecule has 1 unspecified atom stereocenters. The molecular formula is C12H13BrClN3O. The molecule has 18 heavy (non-hydrogen) atoms. The number of aromatic nitrogens is 2. The van der Waals surface area contributed by atoms with E-state index in [9.17, 15) is 0 Å². The summed E-state index contributed by atoms with van der Waals surface area (Å²) in [5.41, 5.74) is 7.94. The Balaban J connectivity index is 2.40. The molecule has 2 rings (SSSR count). The van der Waals surface area contributed by atoms with Crippen LogP contribution in [0.25, 0.3) is 0 Å². The lowest BCUT2D eigenvalue weighted by atomic mass is 10.0. The molecule has 4 nitrogen and oxygen atoms in total. The van der Waals surface area contributed by atoms with Crippen LogP contribution in [-0.2, 0) is 7.05 Å². The van der Waals surface area contributed by atoms with Crippen molar-refractivity contribution in [3.8, 4) is 5.75 Å². The molecule has 0 bridgehead atoms. The average molecular weight is 331 g/mol. The summed E-state index contributed by atoms with van der Waals surface area (Å²) >= 11 is 9.53. The van der Waals surface area contributed by atoms with Crippen molar-refractivity contribution in [1.82, 2.24) is 9.78 Å². The molecule has 2 N–H and O–H groups in total. The summed E-state index contributed by atoms with van der Waals surface area (Å²) in [5, 5.41) is 4.65. The molecule has 1 atom stereocenters. The van der Waals surface area contributed by atoms with Gasteiger partial charge in [0.2, 0.25) is 0 Å². The first-order valence-corrected chi connectivity index (χ1v) is 6.48. The number of methoxy groups -OCH3 is 1. The maximum atomic E-state index is 6.22. The predicted molar refractivity (Wildman–Crippen MR) is 74.9 cm³/mol. The van der Waals surface area contributed by atoms with Crippen molar-refractivity contribution in [2.45, 2.75) is 6.04 Å². The average Bonchev–Trinajstić information content (AvgIpc) is 2.68. The molecule has 1 aromatic carbocycles. The third kappa shape index (κ3) is 2.39. The Kier molecular flexibility index (Phi) is 3.94. The number of ether oxygens (including phenoxy) is 1. The largest absolute Gasteiger partial charge is 0.496 e. The fraction of sp³-hybridized carbons (Fsp3) is 0.250. The smallest absolute Gasteiger partial charge is 0.133 e. The van der Waals surface area contributed by atoms with Gasteiger partial charge in [-0.25, -0.2) is 0 Å². The van der Waals surface area contributed by atoms with Crippen LogP contribution in [0.15, 0.2) is 28.9 Å². The van der Waals surface area contributed by atoms with Crippen LogP contribution in [0.1, 0.15) is 17.3 Å². The first kappa shape index (κ1) is 13.4. The van der Waals surface area contributed by atoms with Crippen LogP contribution >= 0.6 is 27.5 Å². The number of benzene rings is 1. The zero-order valence-corrected chi connectivity index (χ0v) is 12.4. The predicted octanol–water partition coefficient (Wildman–Crippen LogP) is 2.89. The van der Waals surface area contributed by atoms with Gasteiger partial charge in [-0.1, -0.05) is 17.7 Å². The van der Waals surface area contributed by atoms with Gasteiger partial charge in [-0.05, 0) is 33.6 Å². The molecule has 2 aromatic rings. The SMILES string of the molecule is COc1ccc(C(N)c2c(Cl)cnn2C)cc1Br. The molecule has 0 aliphatic heterocycles. The van der Waals surface area contributed by atoms with Gasteiger partial charge in [0, 0.05) is 7.05 Å². The van der Waals surface area contributed by atoms with E-state index in [0.29, 0.717) is 5.02 Å². The maximum Gasteiger partial charge on any atom is 0.133 e. The minimum atomic E-state index is -0.327. The molecule has 0 aliphatic carbocycles. The third-order valence-electron chi connectivity index (χ3n) is 2.77. The first-order chi connectivity index (χ1) is 8.54. The lowest BCUT2D eigenvalue weighted by Crippen LogP contribution is -2.16. The van der Waals surface area contributed by atoms with Gasteiger partial charge in [0.1, 0.15) is 5.75 Å². The molecule has 0 saturated heterocycles. The van der Waals surface area contributed by atoms with Crippen LogP contribution in [0, 0.1) is 0 Å². The number of hydrogen-bond donors (Lipinski definition) is 1. The molecule has 1 heterocycles. The summed E-state index contributed by atoms with van der Waals surface area (Å²) in [5.74, 6) is 0.766. The molecule has 0 amide bonds. The second kappa shape index (κ2) is 5.30. The Hall–Kier alpha value is -1.04. The van der Waals surface area contributed by atoms with Gasteiger partial charge in [0.15, 0.2) is 0 Å². The minimum Gasteiger partial charge on any atom is -0.496 e. The van der Waals surface area contributed by atoms with Crippen molar-refractivity contribution < 1.29 is 4.74 Å². The normalized spacial score (nSPS) is 12.5. The van der Waals surface area contributed by atoms with Crippen LogP contribution < -0.4 is 10.5 Å². The van der Waals surface area contributed by atoms with Crippen molar-refractivity contribution in [2.24, 2.45) is 12.8 Å². The van der Waals surface area contributed by atoms with Crippen LogP contribution in [0.3, 0.4) is 0 Å². The molecule has 0 saturated carbocycles. The van der Waals surface area contributed by atoms with Crippen LogP contribution in [0.2, 0.25) is 5.02 Å². The first-order valence-electron chi connectivity index (χ1n) is 5.31. The van der Waals surface area contributed by atoms with Gasteiger partial charge in [-0.15, -0.1) is 0 Å². The van der Waals surface area contributed by atoms with Gasteiger partial charge in [-0.2, -0.15) is 5.10 Å². The highest BCUT2D eigenvalue weighted by molar-refractivity contribution is 9.10. The van der Waals surface area contributed by atoms with Crippen molar-refractivity contribution in [3.05, 3.63) is 45.1 Å². The topological polar surface area (TPSA) is 53.1 Å². The lowest BCUT2D eigenvalue weighted by molar-refractivity contribution is 0.412. The molecule has 1 aromatic heterocycles. The summed E-state index contributed by atoms with van der Waals surface area (Å²) < 4.78 is 7.73. The molecule has 0 fully saturated rings. The van der Waals surface area contributed by atoms with Crippen molar-refractivity contribution in [1.29, 1.82) is 0 Å². The zero-order chi connectivity index (χ0) is 13.3. The number of halogens is 2. The molecule has 0 spiro atoms. The fourth-order valence-corrected chi connectivity index (χ4v) is 2.65. The fourth-order valence-electron chi connectivity index (χ4n) is 1.80. The van der Waals surface area contributed by atoms with E-state index in [0.717, 1.165) is 21.5 Å². The van der Waals surface area contributed by atoms with E-state index in [1.54, 1.807) is 18.0 Å². The second-order valence-corrected chi connectivity index (χ2v) is 5.13. The zero-order valence-electron chi connectivity index (χ0n) is 10.0. The quantitative estimate of drug-likeness (QED) is 0.941. The Labute approximate surface area is 119 Å². The van der Waals surface area contributed by atoms with Crippen molar-refractivity contribution >= 4 is 27.5 Å². The van der Waals surface area contributed by atoms with Gasteiger partial charge in [-0.3, -0.25) is 4.68 Å². The van der Waals surface area contributed by atoms with E-state index in [2.05, 4.69) is 21.0 Å². The highest BCUT2D eigenvalue weighted by atomic mass is 79.9. The Morgan fingerprint density at radius 3 is 2.72 bits per heavy atom. The van der Waals surface area contributed by atoms with E-state index >= 15 is 0 Å². The minimum absolute atomic E-state index is 0.327. The summed E-state index contributed by atoms with van der Waals surface area (Å²) in [6.45, 7) is 0. The van der Waals surface area contributed by atoms with Gasteiger partial charge in [0.05, 0.1) is 34.5 Å². The molecular weight excluding hydrogens is 318 g/mol. The number of hydrogen-bond acceptors (Lipinski definition) is 3.